The van der Waals surface area contributed by atoms with Gasteiger partial charge >= 0.3 is 5.97 Å². The third-order valence-electron chi connectivity index (χ3n) is 2.51. The third-order valence-corrected chi connectivity index (χ3v) is 2.51. The van der Waals surface area contributed by atoms with E-state index in [1.54, 1.807) is 0 Å². The van der Waals surface area contributed by atoms with Gasteiger partial charge in [0.25, 0.3) is 0 Å². The lowest BCUT2D eigenvalue weighted by Gasteiger charge is -2.14. The summed E-state index contributed by atoms with van der Waals surface area (Å²) in [5, 5.41) is 0. The first-order chi connectivity index (χ1) is 7.70. The normalized spacial score (nSPS) is 12.2. The first-order valence-electron chi connectivity index (χ1n) is 5.38. The Balaban J connectivity index is 2.92. The molecule has 3 nitrogen and oxygen atoms in total. The molecule has 0 N–H and O–H groups in total. The molecule has 1 aromatic heterocycles. The van der Waals surface area contributed by atoms with E-state index in [0.717, 1.165) is 19.0 Å². The van der Waals surface area contributed by atoms with Gasteiger partial charge in [-0.2, -0.15) is 0 Å². The van der Waals surface area contributed by atoms with Crippen LogP contribution in [0.2, 0.25) is 0 Å². The second-order valence-electron chi connectivity index (χ2n) is 3.62. The number of nitrogens with zero attached hydrogens (tertiary/aromatic N) is 1. The molecule has 0 spiro atoms. The molecule has 0 aliphatic rings. The van der Waals surface area contributed by atoms with Gasteiger partial charge in [-0.15, -0.1) is 0 Å². The van der Waals surface area contributed by atoms with Crippen molar-refractivity contribution in [2.24, 2.45) is 0 Å². The number of esters is 1. The van der Waals surface area contributed by atoms with Crippen molar-refractivity contribution in [3.05, 3.63) is 29.8 Å². The van der Waals surface area contributed by atoms with Crippen molar-refractivity contribution in [3.63, 3.8) is 0 Å². The molecule has 16 heavy (non-hydrogen) atoms. The number of pyridine rings is 1. The van der Waals surface area contributed by atoms with Gasteiger partial charge in [0.1, 0.15) is 5.82 Å². The van der Waals surface area contributed by atoms with Crippen molar-refractivity contribution in [2.75, 3.05) is 7.11 Å². The maximum atomic E-state index is 13.5. The number of rotatable bonds is 5. The van der Waals surface area contributed by atoms with Crippen LogP contribution in [0.4, 0.5) is 4.39 Å². The molecule has 1 aromatic rings. The fourth-order valence-electron chi connectivity index (χ4n) is 1.62. The maximum Gasteiger partial charge on any atom is 0.313 e. The average molecular weight is 225 g/mol. The summed E-state index contributed by atoms with van der Waals surface area (Å²) in [7, 11) is 1.32. The zero-order chi connectivity index (χ0) is 12.0. The molecule has 0 saturated carbocycles. The number of unbranched alkanes of at least 4 members (excludes halogenated alkanes) is 1. The Morgan fingerprint density at radius 1 is 1.62 bits per heavy atom. The van der Waals surface area contributed by atoms with Crippen LogP contribution in [0.15, 0.2) is 18.5 Å². The molecule has 0 aromatic carbocycles. The van der Waals surface area contributed by atoms with Gasteiger partial charge in [0.05, 0.1) is 19.2 Å². The summed E-state index contributed by atoms with van der Waals surface area (Å²) < 4.78 is 18.2. The molecule has 1 unspecified atom stereocenters. The Morgan fingerprint density at radius 3 is 2.94 bits per heavy atom. The Kier molecular flexibility index (Phi) is 4.89. The van der Waals surface area contributed by atoms with Crippen molar-refractivity contribution in [1.29, 1.82) is 0 Å². The lowest BCUT2D eigenvalue weighted by molar-refractivity contribution is -0.142. The lowest BCUT2D eigenvalue weighted by Crippen LogP contribution is -2.15. The fraction of sp³-hybridized carbons (Fsp3) is 0.500. The van der Waals surface area contributed by atoms with Crippen molar-refractivity contribution in [3.8, 4) is 0 Å². The number of halogens is 1. The van der Waals surface area contributed by atoms with Crippen molar-refractivity contribution >= 4 is 5.97 Å². The molecular formula is C12H16FNO2. The average Bonchev–Trinajstić information content (AvgIpc) is 2.31. The highest BCUT2D eigenvalue weighted by molar-refractivity contribution is 5.78. The molecule has 4 heteroatoms. The van der Waals surface area contributed by atoms with E-state index in [-0.39, 0.29) is 0 Å². The largest absolute Gasteiger partial charge is 0.469 e. The van der Waals surface area contributed by atoms with Gasteiger partial charge in [-0.1, -0.05) is 19.8 Å². The van der Waals surface area contributed by atoms with E-state index in [9.17, 15) is 9.18 Å². The summed E-state index contributed by atoms with van der Waals surface area (Å²) in [4.78, 5) is 15.2. The zero-order valence-corrected chi connectivity index (χ0v) is 9.57. The second-order valence-corrected chi connectivity index (χ2v) is 3.62. The summed E-state index contributed by atoms with van der Waals surface area (Å²) in [5.41, 5.74) is 0.371. The van der Waals surface area contributed by atoms with Crippen LogP contribution < -0.4 is 0 Å². The molecular weight excluding hydrogens is 209 g/mol. The van der Waals surface area contributed by atoms with Gasteiger partial charge in [-0.05, 0) is 12.5 Å². The minimum absolute atomic E-state index is 0.371. The van der Waals surface area contributed by atoms with Crippen LogP contribution in [0, 0.1) is 5.82 Å². The summed E-state index contributed by atoms with van der Waals surface area (Å²) >= 11 is 0. The highest BCUT2D eigenvalue weighted by Gasteiger charge is 2.23. The van der Waals surface area contributed by atoms with Gasteiger partial charge in [-0.25, -0.2) is 4.39 Å². The zero-order valence-electron chi connectivity index (χ0n) is 9.57. The number of aromatic nitrogens is 1. The molecule has 1 rings (SSSR count). The van der Waals surface area contributed by atoms with Crippen LogP contribution in [0.25, 0.3) is 0 Å². The summed E-state index contributed by atoms with van der Waals surface area (Å²) in [6, 6.07) is 1.53. The summed E-state index contributed by atoms with van der Waals surface area (Å²) in [6.45, 7) is 2.03. The van der Waals surface area contributed by atoms with E-state index in [4.69, 9.17) is 4.74 Å². The standard InChI is InChI=1S/C12H16FNO2/c1-3-4-5-10(12(15)16-2)9-6-7-14-8-11(9)13/h6-8,10H,3-5H2,1-2H3. The van der Waals surface area contributed by atoms with Gasteiger partial charge in [0.2, 0.25) is 0 Å². The predicted molar refractivity (Wildman–Crippen MR) is 58.5 cm³/mol. The number of ether oxygens (including phenoxy) is 1. The molecule has 88 valence electrons. The molecule has 0 aliphatic carbocycles. The summed E-state index contributed by atoms with van der Waals surface area (Å²) in [5.74, 6) is -1.36. The van der Waals surface area contributed by atoms with Crippen LogP contribution in [0.1, 0.15) is 37.7 Å². The van der Waals surface area contributed by atoms with Crippen molar-refractivity contribution < 1.29 is 13.9 Å². The topological polar surface area (TPSA) is 39.2 Å². The van der Waals surface area contributed by atoms with Crippen molar-refractivity contribution in [1.82, 2.24) is 4.98 Å². The Bertz CT molecular complexity index is 355. The van der Waals surface area contributed by atoms with Gasteiger partial charge in [0, 0.05) is 11.8 Å². The van der Waals surface area contributed by atoms with Crippen LogP contribution in [0.5, 0.6) is 0 Å². The third kappa shape index (κ3) is 3.02. The second kappa shape index (κ2) is 6.20. The van der Waals surface area contributed by atoms with Gasteiger partial charge in [0.15, 0.2) is 0 Å². The first-order valence-corrected chi connectivity index (χ1v) is 5.38. The number of methoxy groups -OCH3 is 1. The number of hydrogen-bond donors (Lipinski definition) is 0. The number of hydrogen-bond acceptors (Lipinski definition) is 3. The first kappa shape index (κ1) is 12.6. The van der Waals surface area contributed by atoms with E-state index in [1.807, 2.05) is 6.92 Å². The van der Waals surface area contributed by atoms with E-state index >= 15 is 0 Å². The smallest absolute Gasteiger partial charge is 0.313 e. The van der Waals surface area contributed by atoms with Gasteiger partial charge in [-0.3, -0.25) is 9.78 Å². The Labute approximate surface area is 94.6 Å². The molecule has 0 radical (unpaired) electrons. The predicted octanol–water partition coefficient (Wildman–Crippen LogP) is 2.67. The Morgan fingerprint density at radius 2 is 2.38 bits per heavy atom. The summed E-state index contributed by atoms with van der Waals surface area (Å²) in [6.07, 6.45) is 5.03. The fourth-order valence-corrected chi connectivity index (χ4v) is 1.62. The molecule has 0 bridgehead atoms. The SMILES string of the molecule is CCCCC(C(=O)OC)c1ccncc1F. The van der Waals surface area contributed by atoms with Crippen LogP contribution in [-0.2, 0) is 9.53 Å². The lowest BCUT2D eigenvalue weighted by atomic mass is 9.94. The molecule has 0 amide bonds. The highest BCUT2D eigenvalue weighted by atomic mass is 19.1. The minimum atomic E-state index is -0.520. The molecule has 0 saturated heterocycles. The number of carbonyl (C=O) groups is 1. The van der Waals surface area contributed by atoms with Crippen molar-refractivity contribution in [2.45, 2.75) is 32.1 Å². The Hall–Kier alpha value is -1.45. The minimum Gasteiger partial charge on any atom is -0.469 e. The quantitative estimate of drug-likeness (QED) is 0.723. The number of carbonyl (C=O) groups excluding carboxylic acids is 1. The van der Waals surface area contributed by atoms with Crippen LogP contribution >= 0.6 is 0 Å². The van der Waals surface area contributed by atoms with Gasteiger partial charge < -0.3 is 4.74 Å². The van der Waals surface area contributed by atoms with E-state index < -0.39 is 17.7 Å². The molecule has 0 fully saturated rings. The van der Waals surface area contributed by atoms with E-state index in [1.165, 1.54) is 19.4 Å². The van der Waals surface area contributed by atoms with Crippen LogP contribution in [0.3, 0.4) is 0 Å². The molecule has 1 heterocycles. The highest BCUT2D eigenvalue weighted by Crippen LogP contribution is 2.25. The molecule has 0 aliphatic heterocycles. The maximum absolute atomic E-state index is 13.5. The van der Waals surface area contributed by atoms with Crippen LogP contribution in [-0.4, -0.2) is 18.1 Å². The monoisotopic (exact) mass is 225 g/mol. The molecule has 1 atom stereocenters. The van der Waals surface area contributed by atoms with E-state index in [2.05, 4.69) is 4.98 Å². The van der Waals surface area contributed by atoms with E-state index in [0.29, 0.717) is 12.0 Å².